The lowest BCUT2D eigenvalue weighted by atomic mass is 10.1. The average molecular weight is 256 g/mol. The third kappa shape index (κ3) is 1.60. The molecule has 0 saturated carbocycles. The lowest BCUT2D eigenvalue weighted by molar-refractivity contribution is 0.936. The molecule has 0 aliphatic rings. The minimum Gasteiger partial charge on any atom is -0.325 e. The minimum absolute atomic E-state index is 0.212. The van der Waals surface area contributed by atoms with Crippen LogP contribution in [0.4, 0.5) is 5.95 Å². The molecule has 3 aromatic rings. The largest absolute Gasteiger partial charge is 0.325 e. The maximum absolute atomic E-state index is 8.66. The molecule has 0 fully saturated rings. The van der Waals surface area contributed by atoms with E-state index in [9.17, 15) is 0 Å². The number of benzene rings is 1. The number of aryl methyl sites for hydroxylation is 3. The molecule has 7 heteroatoms. The number of hydrogen-bond acceptors (Lipinski definition) is 4. The van der Waals surface area contributed by atoms with Gasteiger partial charge in [-0.2, -0.15) is 0 Å². The van der Waals surface area contributed by atoms with Gasteiger partial charge in [0.05, 0.1) is 16.7 Å². The van der Waals surface area contributed by atoms with E-state index in [2.05, 4.69) is 25.0 Å². The number of azide groups is 1. The van der Waals surface area contributed by atoms with Crippen LogP contribution in [-0.4, -0.2) is 19.5 Å². The summed E-state index contributed by atoms with van der Waals surface area (Å²) in [5.41, 5.74) is 11.8. The molecule has 0 aliphatic carbocycles. The van der Waals surface area contributed by atoms with Crippen LogP contribution in [0.15, 0.2) is 17.4 Å². The van der Waals surface area contributed by atoms with E-state index in [0.717, 1.165) is 4.57 Å². The first-order chi connectivity index (χ1) is 10.3. The highest BCUT2D eigenvalue weighted by Crippen LogP contribution is 2.29. The molecule has 0 N–H and O–H groups in total. The van der Waals surface area contributed by atoms with Crippen molar-refractivity contribution < 1.29 is 4.11 Å². The smallest absolute Gasteiger partial charge is 0.197 e. The van der Waals surface area contributed by atoms with E-state index in [4.69, 9.17) is 9.64 Å². The van der Waals surface area contributed by atoms with E-state index in [0.29, 0.717) is 33.3 Å². The van der Waals surface area contributed by atoms with E-state index in [1.54, 1.807) is 26.1 Å². The van der Waals surface area contributed by atoms with Crippen LogP contribution in [0.2, 0.25) is 0 Å². The van der Waals surface area contributed by atoms with E-state index < -0.39 is 6.98 Å². The van der Waals surface area contributed by atoms with Gasteiger partial charge in [0.25, 0.3) is 0 Å². The van der Waals surface area contributed by atoms with Crippen LogP contribution >= 0.6 is 0 Å². The number of hydrogen-bond donors (Lipinski definition) is 0. The summed E-state index contributed by atoms with van der Waals surface area (Å²) in [6, 6.07) is 1.74. The SMILES string of the molecule is [2H]C([2H])([2H])n1c(N=[N+]=[N-])nc2c3nc(C)cnc3cc(C)c21. The molecule has 2 aromatic heterocycles. The Labute approximate surface area is 112 Å². The summed E-state index contributed by atoms with van der Waals surface area (Å²) < 4.78 is 24.0. The van der Waals surface area contributed by atoms with Crippen LogP contribution in [0.1, 0.15) is 15.4 Å². The molecule has 0 aliphatic heterocycles. The zero-order valence-electron chi connectivity index (χ0n) is 13.3. The molecule has 0 spiro atoms. The first kappa shape index (κ1) is 8.44. The Kier molecular flexibility index (Phi) is 1.75. The fourth-order valence-corrected chi connectivity index (χ4v) is 2.08. The van der Waals surface area contributed by atoms with Crippen molar-refractivity contribution in [3.63, 3.8) is 0 Å². The van der Waals surface area contributed by atoms with Crippen molar-refractivity contribution in [1.29, 1.82) is 0 Å². The zero-order chi connectivity index (χ0) is 16.1. The van der Waals surface area contributed by atoms with Gasteiger partial charge in [-0.25, -0.2) is 9.97 Å². The van der Waals surface area contributed by atoms with Crippen LogP contribution in [0, 0.1) is 13.8 Å². The van der Waals surface area contributed by atoms with Crippen molar-refractivity contribution in [2.75, 3.05) is 0 Å². The van der Waals surface area contributed by atoms with E-state index >= 15 is 0 Å². The Bertz CT molecular complexity index is 951. The Morgan fingerprint density at radius 3 is 2.95 bits per heavy atom. The zero-order valence-corrected chi connectivity index (χ0v) is 10.3. The maximum Gasteiger partial charge on any atom is 0.197 e. The number of aromatic nitrogens is 4. The van der Waals surface area contributed by atoms with Gasteiger partial charge in [0.2, 0.25) is 0 Å². The van der Waals surface area contributed by atoms with Gasteiger partial charge in [-0.1, -0.05) is 0 Å². The highest BCUT2D eigenvalue weighted by Gasteiger charge is 2.14. The van der Waals surface area contributed by atoms with Gasteiger partial charge >= 0.3 is 0 Å². The summed E-state index contributed by atoms with van der Waals surface area (Å²) in [4.78, 5) is 15.5. The third-order valence-corrected chi connectivity index (χ3v) is 2.87. The summed E-state index contributed by atoms with van der Waals surface area (Å²) >= 11 is 0. The molecule has 0 saturated heterocycles. The van der Waals surface area contributed by atoms with Crippen LogP contribution in [0.25, 0.3) is 32.5 Å². The standard InChI is InChI=1S/C12H11N7/c1-6-4-8-9(15-7(2)5-14-8)10-11(6)19(3)12(16-10)17-18-13/h4-5H,1-3H3/i3D3. The van der Waals surface area contributed by atoms with E-state index in [1.165, 1.54) is 0 Å². The van der Waals surface area contributed by atoms with Gasteiger partial charge in [-0.15, -0.1) is 0 Å². The van der Waals surface area contributed by atoms with Gasteiger partial charge in [0, 0.05) is 22.2 Å². The van der Waals surface area contributed by atoms with Crippen LogP contribution in [0.5, 0.6) is 0 Å². The topological polar surface area (TPSA) is 92.4 Å². The first-order valence-corrected chi connectivity index (χ1v) is 5.54. The Morgan fingerprint density at radius 1 is 1.37 bits per heavy atom. The quantitative estimate of drug-likeness (QED) is 0.380. The van der Waals surface area contributed by atoms with Gasteiger partial charge in [0.15, 0.2) is 5.95 Å². The molecular weight excluding hydrogens is 242 g/mol. The fraction of sp³-hybridized carbons (Fsp3) is 0.250. The van der Waals surface area contributed by atoms with Crippen LogP contribution in [-0.2, 0) is 6.98 Å². The minimum atomic E-state index is -2.52. The molecular formula is C12H11N7. The number of rotatable bonds is 1. The molecule has 19 heavy (non-hydrogen) atoms. The van der Waals surface area contributed by atoms with E-state index in [1.807, 2.05) is 0 Å². The summed E-state index contributed by atoms with van der Waals surface area (Å²) in [5, 5.41) is 3.40. The second-order valence-corrected chi connectivity index (χ2v) is 4.21. The lowest BCUT2D eigenvalue weighted by Crippen LogP contribution is -1.93. The second kappa shape index (κ2) is 3.93. The molecule has 1 aromatic carbocycles. The molecule has 7 nitrogen and oxygen atoms in total. The third-order valence-electron chi connectivity index (χ3n) is 2.87. The van der Waals surface area contributed by atoms with Gasteiger partial charge < -0.3 is 4.57 Å². The molecule has 0 radical (unpaired) electrons. The van der Waals surface area contributed by atoms with Crippen molar-refractivity contribution >= 4 is 28.0 Å². The van der Waals surface area contributed by atoms with E-state index in [-0.39, 0.29) is 5.95 Å². The number of nitrogens with zero attached hydrogens (tertiary/aromatic N) is 7. The van der Waals surface area contributed by atoms with Crippen molar-refractivity contribution in [2.24, 2.45) is 12.1 Å². The normalized spacial score (nSPS) is 13.9. The van der Waals surface area contributed by atoms with Gasteiger partial charge in [-0.3, -0.25) is 4.98 Å². The van der Waals surface area contributed by atoms with Crippen LogP contribution in [0.3, 0.4) is 0 Å². The van der Waals surface area contributed by atoms with Gasteiger partial charge in [0.1, 0.15) is 11.0 Å². The second-order valence-electron chi connectivity index (χ2n) is 4.21. The number of fused-ring (bicyclic) bond motifs is 3. The fourth-order valence-electron chi connectivity index (χ4n) is 2.08. The highest BCUT2D eigenvalue weighted by molar-refractivity contribution is 6.02. The molecule has 94 valence electrons. The Morgan fingerprint density at radius 2 is 2.21 bits per heavy atom. The molecule has 0 amide bonds. The van der Waals surface area contributed by atoms with Crippen molar-refractivity contribution in [1.82, 2.24) is 19.5 Å². The van der Waals surface area contributed by atoms with Crippen molar-refractivity contribution in [3.8, 4) is 0 Å². The molecule has 2 heterocycles. The summed E-state index contributed by atoms with van der Waals surface area (Å²) in [6.07, 6.45) is 1.63. The number of imidazole rings is 1. The molecule has 3 rings (SSSR count). The Hall–Kier alpha value is -2.66. The average Bonchev–Trinajstić information content (AvgIpc) is 2.80. The summed E-state index contributed by atoms with van der Waals surface area (Å²) in [6.45, 7) is 1.02. The highest BCUT2D eigenvalue weighted by atomic mass is 15.3. The predicted molar refractivity (Wildman–Crippen MR) is 72.1 cm³/mol. The lowest BCUT2D eigenvalue weighted by Gasteiger charge is -2.04. The van der Waals surface area contributed by atoms with Crippen LogP contribution < -0.4 is 0 Å². The van der Waals surface area contributed by atoms with Gasteiger partial charge in [-0.05, 0) is 36.1 Å². The van der Waals surface area contributed by atoms with Crippen molar-refractivity contribution in [3.05, 3.63) is 34.0 Å². The summed E-state index contributed by atoms with van der Waals surface area (Å²) in [5.74, 6) is -0.212. The molecule has 0 unspecified atom stereocenters. The van der Waals surface area contributed by atoms with Crippen molar-refractivity contribution in [2.45, 2.75) is 13.8 Å². The molecule has 0 bridgehead atoms. The first-order valence-electron chi connectivity index (χ1n) is 7.04. The monoisotopic (exact) mass is 256 g/mol. The Balaban J connectivity index is 2.58. The summed E-state index contributed by atoms with van der Waals surface area (Å²) in [7, 11) is 0. The molecule has 0 atom stereocenters. The maximum atomic E-state index is 8.66. The predicted octanol–water partition coefficient (Wildman–Crippen LogP) is 3.08.